The van der Waals surface area contributed by atoms with Gasteiger partial charge in [0.05, 0.1) is 11.4 Å². The summed E-state index contributed by atoms with van der Waals surface area (Å²) in [5.74, 6) is 0.557. The molecular formula is C23H28N4O2S. The number of hydrogen-bond acceptors (Lipinski definition) is 5. The first-order valence-electron chi connectivity index (χ1n) is 10.6. The first-order valence-corrected chi connectivity index (χ1v) is 11.5. The van der Waals surface area contributed by atoms with E-state index in [9.17, 15) is 9.59 Å². The van der Waals surface area contributed by atoms with Crippen LogP contribution in [0.3, 0.4) is 0 Å². The minimum Gasteiger partial charge on any atom is -0.353 e. The molecule has 2 unspecified atom stereocenters. The smallest absolute Gasteiger partial charge is 0.270 e. The molecular weight excluding hydrogens is 396 g/mol. The maximum Gasteiger partial charge on any atom is 0.270 e. The standard InChI is InChI=1S/C23H28N4O2S/c1-4-15(3)24-21(28)17-6-5-11-27(12-17)23-25-19-18(13-30-20(19)22(29)26-23)16-9-7-14(2)8-10-16/h7-10,13,15,17H,4-6,11-12H2,1-3H3,(H,24,28)(H,25,26,29). The van der Waals surface area contributed by atoms with Crippen molar-refractivity contribution in [2.24, 2.45) is 5.92 Å². The van der Waals surface area contributed by atoms with E-state index in [-0.39, 0.29) is 23.4 Å². The zero-order chi connectivity index (χ0) is 21.3. The highest BCUT2D eigenvalue weighted by molar-refractivity contribution is 7.17. The van der Waals surface area contributed by atoms with Gasteiger partial charge >= 0.3 is 0 Å². The minimum absolute atomic E-state index is 0.0900. The maximum absolute atomic E-state index is 12.7. The van der Waals surface area contributed by atoms with Crippen LogP contribution in [0.1, 0.15) is 38.7 Å². The lowest BCUT2D eigenvalue weighted by molar-refractivity contribution is -0.125. The summed E-state index contributed by atoms with van der Waals surface area (Å²) in [7, 11) is 0. The zero-order valence-electron chi connectivity index (χ0n) is 17.7. The van der Waals surface area contributed by atoms with Crippen molar-refractivity contribution in [3.63, 3.8) is 0 Å². The van der Waals surface area contributed by atoms with Crippen LogP contribution in [-0.4, -0.2) is 35.0 Å². The Labute approximate surface area is 180 Å². The normalized spacial score (nSPS) is 17.8. The summed E-state index contributed by atoms with van der Waals surface area (Å²) in [6, 6.07) is 8.44. The largest absolute Gasteiger partial charge is 0.353 e. The van der Waals surface area contributed by atoms with Crippen molar-refractivity contribution in [1.29, 1.82) is 0 Å². The molecule has 2 atom stereocenters. The number of hydrogen-bond donors (Lipinski definition) is 2. The molecule has 0 radical (unpaired) electrons. The van der Waals surface area contributed by atoms with Crippen molar-refractivity contribution in [3.05, 3.63) is 45.6 Å². The number of amides is 1. The minimum atomic E-state index is -0.121. The van der Waals surface area contributed by atoms with Gasteiger partial charge in [-0.25, -0.2) is 4.98 Å². The van der Waals surface area contributed by atoms with Gasteiger partial charge in [0.25, 0.3) is 5.56 Å². The van der Waals surface area contributed by atoms with Crippen LogP contribution in [0.25, 0.3) is 21.3 Å². The number of H-pyrrole nitrogens is 1. The van der Waals surface area contributed by atoms with Crippen LogP contribution in [-0.2, 0) is 4.79 Å². The molecule has 6 nitrogen and oxygen atoms in total. The van der Waals surface area contributed by atoms with Crippen molar-refractivity contribution in [3.8, 4) is 11.1 Å². The van der Waals surface area contributed by atoms with Crippen LogP contribution < -0.4 is 15.8 Å². The summed E-state index contributed by atoms with van der Waals surface area (Å²) < 4.78 is 0.636. The molecule has 1 fully saturated rings. The van der Waals surface area contributed by atoms with Crippen molar-refractivity contribution < 1.29 is 4.79 Å². The van der Waals surface area contributed by atoms with Gasteiger partial charge in [-0.2, -0.15) is 0 Å². The summed E-state index contributed by atoms with van der Waals surface area (Å²) in [5.41, 5.74) is 3.84. The van der Waals surface area contributed by atoms with E-state index in [0.717, 1.165) is 42.5 Å². The van der Waals surface area contributed by atoms with E-state index in [2.05, 4.69) is 48.4 Å². The Kier molecular flexibility index (Phi) is 5.90. The predicted molar refractivity (Wildman–Crippen MR) is 123 cm³/mol. The fourth-order valence-electron chi connectivity index (χ4n) is 3.85. The fraction of sp³-hybridized carbons (Fsp3) is 0.435. The van der Waals surface area contributed by atoms with Crippen LogP contribution >= 0.6 is 11.3 Å². The number of aryl methyl sites for hydroxylation is 1. The molecule has 0 bridgehead atoms. The van der Waals surface area contributed by atoms with Crippen LogP contribution in [0.4, 0.5) is 5.95 Å². The Morgan fingerprint density at radius 2 is 2.13 bits per heavy atom. The van der Waals surface area contributed by atoms with Gasteiger partial charge in [0, 0.05) is 30.1 Å². The zero-order valence-corrected chi connectivity index (χ0v) is 18.5. The summed E-state index contributed by atoms with van der Waals surface area (Å²) in [6.07, 6.45) is 2.67. The molecule has 30 heavy (non-hydrogen) atoms. The van der Waals surface area contributed by atoms with E-state index in [4.69, 9.17) is 4.98 Å². The van der Waals surface area contributed by atoms with E-state index in [1.54, 1.807) is 0 Å². The van der Waals surface area contributed by atoms with E-state index >= 15 is 0 Å². The molecule has 0 spiro atoms. The Hall–Kier alpha value is -2.67. The highest BCUT2D eigenvalue weighted by Gasteiger charge is 2.28. The number of benzene rings is 1. The summed E-state index contributed by atoms with van der Waals surface area (Å²) in [4.78, 5) is 35.2. The highest BCUT2D eigenvalue weighted by atomic mass is 32.1. The molecule has 3 heterocycles. The van der Waals surface area contributed by atoms with Gasteiger partial charge in [0.1, 0.15) is 4.70 Å². The van der Waals surface area contributed by atoms with Gasteiger partial charge in [-0.1, -0.05) is 36.8 Å². The number of thiophene rings is 1. The molecule has 3 aromatic rings. The van der Waals surface area contributed by atoms with Crippen molar-refractivity contribution >= 4 is 33.4 Å². The molecule has 0 saturated carbocycles. The van der Waals surface area contributed by atoms with Crippen LogP contribution in [0, 0.1) is 12.8 Å². The molecule has 0 aliphatic carbocycles. The van der Waals surface area contributed by atoms with Crippen molar-refractivity contribution in [2.75, 3.05) is 18.0 Å². The number of aromatic nitrogens is 2. The van der Waals surface area contributed by atoms with Gasteiger partial charge in [0.15, 0.2) is 0 Å². The average Bonchev–Trinajstić information content (AvgIpc) is 3.19. The predicted octanol–water partition coefficient (Wildman–Crippen LogP) is 4.09. The molecule has 1 aromatic carbocycles. The van der Waals surface area contributed by atoms with E-state index in [1.807, 2.05) is 17.2 Å². The lowest BCUT2D eigenvalue weighted by Gasteiger charge is -2.32. The van der Waals surface area contributed by atoms with Crippen LogP contribution in [0.15, 0.2) is 34.4 Å². The highest BCUT2D eigenvalue weighted by Crippen LogP contribution is 2.32. The lowest BCUT2D eigenvalue weighted by Crippen LogP contribution is -2.46. The third kappa shape index (κ3) is 4.12. The van der Waals surface area contributed by atoms with Crippen molar-refractivity contribution in [2.45, 2.75) is 46.1 Å². The molecule has 1 aliphatic rings. The summed E-state index contributed by atoms with van der Waals surface area (Å²) in [6.45, 7) is 7.50. The number of nitrogens with zero attached hydrogens (tertiary/aromatic N) is 2. The van der Waals surface area contributed by atoms with Gasteiger partial charge < -0.3 is 10.2 Å². The number of piperidine rings is 1. The Bertz CT molecular complexity index is 1100. The maximum atomic E-state index is 12.7. The van der Waals surface area contributed by atoms with E-state index in [0.29, 0.717) is 17.2 Å². The number of nitrogens with one attached hydrogen (secondary N) is 2. The van der Waals surface area contributed by atoms with Crippen LogP contribution in [0.2, 0.25) is 0 Å². The SMILES string of the molecule is CCC(C)NC(=O)C1CCCN(c2nc3c(-c4ccc(C)cc4)csc3c(=O)[nH]2)C1. The van der Waals surface area contributed by atoms with E-state index < -0.39 is 0 Å². The molecule has 158 valence electrons. The number of carbonyl (C=O) groups excluding carboxylic acids is 1. The van der Waals surface area contributed by atoms with Gasteiger partial charge in [-0.3, -0.25) is 14.6 Å². The van der Waals surface area contributed by atoms with E-state index in [1.165, 1.54) is 16.9 Å². The molecule has 1 amide bonds. The third-order valence-corrected chi connectivity index (χ3v) is 6.84. The fourth-order valence-corrected chi connectivity index (χ4v) is 4.76. The topological polar surface area (TPSA) is 78.1 Å². The van der Waals surface area contributed by atoms with Gasteiger partial charge in [-0.05, 0) is 38.7 Å². The van der Waals surface area contributed by atoms with Gasteiger partial charge in [-0.15, -0.1) is 11.3 Å². The summed E-state index contributed by atoms with van der Waals surface area (Å²) in [5, 5.41) is 5.09. The number of fused-ring (bicyclic) bond motifs is 1. The molecule has 2 N–H and O–H groups in total. The second-order valence-corrected chi connectivity index (χ2v) is 9.07. The number of carbonyl (C=O) groups is 1. The second kappa shape index (κ2) is 8.60. The quantitative estimate of drug-likeness (QED) is 0.647. The van der Waals surface area contributed by atoms with Crippen LogP contribution in [0.5, 0.6) is 0 Å². The Morgan fingerprint density at radius 3 is 2.87 bits per heavy atom. The number of rotatable bonds is 5. The lowest BCUT2D eigenvalue weighted by atomic mass is 9.97. The second-order valence-electron chi connectivity index (χ2n) is 8.19. The Balaban J connectivity index is 1.64. The summed E-state index contributed by atoms with van der Waals surface area (Å²) >= 11 is 1.42. The average molecular weight is 425 g/mol. The molecule has 7 heteroatoms. The first kappa shape index (κ1) is 20.6. The third-order valence-electron chi connectivity index (χ3n) is 5.87. The first-order chi connectivity index (χ1) is 14.5. The number of anilines is 1. The Morgan fingerprint density at radius 1 is 1.37 bits per heavy atom. The monoisotopic (exact) mass is 424 g/mol. The van der Waals surface area contributed by atoms with Crippen molar-refractivity contribution in [1.82, 2.24) is 15.3 Å². The number of aromatic amines is 1. The van der Waals surface area contributed by atoms with Gasteiger partial charge in [0.2, 0.25) is 11.9 Å². The molecule has 1 aliphatic heterocycles. The molecule has 1 saturated heterocycles. The molecule has 2 aromatic heterocycles. The molecule has 4 rings (SSSR count).